The van der Waals surface area contributed by atoms with Crippen LogP contribution in [0.5, 0.6) is 17.2 Å². The van der Waals surface area contributed by atoms with Crippen molar-refractivity contribution in [2.45, 2.75) is 12.8 Å². The van der Waals surface area contributed by atoms with Crippen molar-refractivity contribution in [3.63, 3.8) is 0 Å². The predicted molar refractivity (Wildman–Crippen MR) is 120 cm³/mol. The first-order valence-corrected chi connectivity index (χ1v) is 10.3. The quantitative estimate of drug-likeness (QED) is 0.436. The normalized spacial score (nSPS) is 15.0. The molecule has 32 heavy (non-hydrogen) atoms. The van der Waals surface area contributed by atoms with Gasteiger partial charge in [0.05, 0.1) is 28.6 Å². The fourth-order valence-electron chi connectivity index (χ4n) is 3.91. The van der Waals surface area contributed by atoms with Crippen molar-refractivity contribution in [1.82, 2.24) is 4.57 Å². The van der Waals surface area contributed by atoms with E-state index in [4.69, 9.17) is 19.9 Å². The van der Waals surface area contributed by atoms with Gasteiger partial charge in [-0.3, -0.25) is 9.59 Å². The summed E-state index contributed by atoms with van der Waals surface area (Å²) < 4.78 is 18.4. The van der Waals surface area contributed by atoms with Crippen LogP contribution < -0.4 is 25.5 Å². The third-order valence-corrected chi connectivity index (χ3v) is 5.88. The number of rotatable bonds is 3. The van der Waals surface area contributed by atoms with Crippen LogP contribution in [0.25, 0.3) is 10.9 Å². The van der Waals surface area contributed by atoms with Crippen molar-refractivity contribution in [1.29, 1.82) is 5.26 Å². The Morgan fingerprint density at radius 3 is 2.69 bits per heavy atom. The Balaban J connectivity index is 2.06. The first-order chi connectivity index (χ1) is 15.3. The summed E-state index contributed by atoms with van der Waals surface area (Å²) in [4.78, 5) is 24.9. The number of benzene rings is 2. The summed E-state index contributed by atoms with van der Waals surface area (Å²) in [6.45, 7) is 1.28. The first kappa shape index (κ1) is 21.5. The number of para-hydroxylation sites is 1. The number of esters is 1. The Kier molecular flexibility index (Phi) is 5.40. The van der Waals surface area contributed by atoms with Gasteiger partial charge in [0.15, 0.2) is 11.5 Å². The summed E-state index contributed by atoms with van der Waals surface area (Å²) in [6, 6.07) is 12.7. The van der Waals surface area contributed by atoms with Crippen LogP contribution in [-0.2, 0) is 11.8 Å². The molecule has 0 bridgehead atoms. The van der Waals surface area contributed by atoms with Gasteiger partial charge in [-0.05, 0) is 45.8 Å². The number of nitriles is 1. The Morgan fingerprint density at radius 1 is 1.31 bits per heavy atom. The Morgan fingerprint density at radius 2 is 2.03 bits per heavy atom. The molecule has 2 N–H and O–H groups in total. The fraction of sp³-hybridized carbons (Fsp3) is 0.174. The van der Waals surface area contributed by atoms with Gasteiger partial charge in [0.25, 0.3) is 5.56 Å². The smallest absolute Gasteiger partial charge is 0.308 e. The first-order valence-electron chi connectivity index (χ1n) is 9.53. The van der Waals surface area contributed by atoms with E-state index in [1.165, 1.54) is 18.6 Å². The standard InChI is InChI=1S/C23H18BrN3O5/c1-11(28)31-21-15(24)8-12(9-17(21)30-3)18-14(10-25)22(26)32-20-13-6-4-5-7-16(13)27(2)23(29)19(18)20/h4-9,18H,26H2,1-3H3. The summed E-state index contributed by atoms with van der Waals surface area (Å²) in [5.74, 6) is -0.658. The van der Waals surface area contributed by atoms with E-state index in [9.17, 15) is 14.9 Å². The van der Waals surface area contributed by atoms with Crippen LogP contribution in [0.2, 0.25) is 0 Å². The summed E-state index contributed by atoms with van der Waals surface area (Å²) in [5, 5.41) is 10.6. The van der Waals surface area contributed by atoms with Crippen LogP contribution >= 0.6 is 15.9 Å². The summed E-state index contributed by atoms with van der Waals surface area (Å²) in [7, 11) is 3.09. The second-order valence-electron chi connectivity index (χ2n) is 7.18. The highest BCUT2D eigenvalue weighted by Gasteiger charge is 2.36. The molecule has 2 aromatic carbocycles. The number of methoxy groups -OCH3 is 1. The largest absolute Gasteiger partial charge is 0.493 e. The summed E-state index contributed by atoms with van der Waals surface area (Å²) in [6.07, 6.45) is 0. The summed E-state index contributed by atoms with van der Waals surface area (Å²) in [5.41, 5.74) is 7.41. The Bertz CT molecular complexity index is 1420. The van der Waals surface area contributed by atoms with Gasteiger partial charge in [-0.15, -0.1) is 0 Å². The van der Waals surface area contributed by atoms with Crippen molar-refractivity contribution >= 4 is 32.8 Å². The molecule has 9 heteroatoms. The minimum Gasteiger partial charge on any atom is -0.493 e. The monoisotopic (exact) mass is 495 g/mol. The number of halogens is 1. The molecule has 3 aromatic rings. The fourth-order valence-corrected chi connectivity index (χ4v) is 4.45. The molecule has 1 aromatic heterocycles. The Hall–Kier alpha value is -3.77. The van der Waals surface area contributed by atoms with Crippen LogP contribution in [0.4, 0.5) is 0 Å². The van der Waals surface area contributed by atoms with Crippen molar-refractivity contribution in [3.8, 4) is 23.3 Å². The van der Waals surface area contributed by atoms with E-state index in [0.717, 1.165) is 0 Å². The number of nitrogens with two attached hydrogens (primary N) is 1. The maximum absolute atomic E-state index is 13.4. The SMILES string of the molecule is COc1cc(C2C(C#N)=C(N)Oc3c2c(=O)n(C)c2ccccc32)cc(Br)c1OC(C)=O. The lowest BCUT2D eigenvalue weighted by Gasteiger charge is -2.28. The van der Waals surface area contributed by atoms with E-state index in [2.05, 4.69) is 22.0 Å². The number of fused-ring (bicyclic) bond motifs is 3. The van der Waals surface area contributed by atoms with E-state index < -0.39 is 11.9 Å². The molecule has 162 valence electrons. The van der Waals surface area contributed by atoms with Crippen LogP contribution in [0.1, 0.15) is 24.0 Å². The van der Waals surface area contributed by atoms with Crippen molar-refractivity contribution in [2.24, 2.45) is 12.8 Å². The predicted octanol–water partition coefficient (Wildman–Crippen LogP) is 3.45. The van der Waals surface area contributed by atoms with Crippen LogP contribution in [0, 0.1) is 11.3 Å². The van der Waals surface area contributed by atoms with Gasteiger partial charge < -0.3 is 24.5 Å². The highest BCUT2D eigenvalue weighted by molar-refractivity contribution is 9.10. The van der Waals surface area contributed by atoms with E-state index in [0.29, 0.717) is 26.7 Å². The maximum atomic E-state index is 13.4. The van der Waals surface area contributed by atoms with Gasteiger partial charge in [-0.1, -0.05) is 12.1 Å². The zero-order valence-corrected chi connectivity index (χ0v) is 19.0. The molecule has 0 aliphatic carbocycles. The number of nitrogens with zero attached hydrogens (tertiary/aromatic N) is 2. The zero-order valence-electron chi connectivity index (χ0n) is 17.4. The third kappa shape index (κ3) is 3.29. The molecule has 1 aliphatic rings. The number of carbonyl (C=O) groups is 1. The molecule has 0 radical (unpaired) electrons. The highest BCUT2D eigenvalue weighted by atomic mass is 79.9. The summed E-state index contributed by atoms with van der Waals surface area (Å²) >= 11 is 3.40. The average molecular weight is 496 g/mol. The molecule has 0 amide bonds. The van der Waals surface area contributed by atoms with Gasteiger partial charge in [0, 0.05) is 19.4 Å². The number of aryl methyl sites for hydroxylation is 1. The number of hydrogen-bond acceptors (Lipinski definition) is 7. The number of ether oxygens (including phenoxy) is 3. The Labute approximate surface area is 191 Å². The lowest BCUT2D eigenvalue weighted by Crippen LogP contribution is -2.31. The van der Waals surface area contributed by atoms with E-state index >= 15 is 0 Å². The van der Waals surface area contributed by atoms with Gasteiger partial charge >= 0.3 is 5.97 Å². The van der Waals surface area contributed by atoms with Crippen molar-refractivity contribution in [2.75, 3.05) is 7.11 Å². The molecule has 1 atom stereocenters. The highest BCUT2D eigenvalue weighted by Crippen LogP contribution is 2.46. The minimum absolute atomic E-state index is 0.0810. The van der Waals surface area contributed by atoms with Crippen LogP contribution in [-0.4, -0.2) is 17.6 Å². The molecule has 0 saturated heterocycles. The zero-order chi connectivity index (χ0) is 23.2. The topological polar surface area (TPSA) is 117 Å². The lowest BCUT2D eigenvalue weighted by molar-refractivity contribution is -0.132. The molecule has 1 unspecified atom stereocenters. The third-order valence-electron chi connectivity index (χ3n) is 5.30. The van der Waals surface area contributed by atoms with E-state index in [1.54, 1.807) is 19.2 Å². The second-order valence-corrected chi connectivity index (χ2v) is 8.03. The van der Waals surface area contributed by atoms with Crippen molar-refractivity contribution < 1.29 is 19.0 Å². The van der Waals surface area contributed by atoms with Gasteiger partial charge in [0.1, 0.15) is 17.4 Å². The van der Waals surface area contributed by atoms with E-state index in [1.807, 2.05) is 24.3 Å². The van der Waals surface area contributed by atoms with Crippen molar-refractivity contribution in [3.05, 3.63) is 73.8 Å². The number of hydrogen-bond donors (Lipinski definition) is 1. The maximum Gasteiger partial charge on any atom is 0.308 e. The lowest BCUT2D eigenvalue weighted by atomic mass is 9.83. The van der Waals surface area contributed by atoms with Gasteiger partial charge in [0.2, 0.25) is 5.88 Å². The molecule has 1 aliphatic heterocycles. The molecule has 2 heterocycles. The number of carbonyl (C=O) groups excluding carboxylic acids is 1. The molecular formula is C23H18BrN3O5. The van der Waals surface area contributed by atoms with Gasteiger partial charge in [-0.2, -0.15) is 5.26 Å². The molecular weight excluding hydrogens is 478 g/mol. The molecule has 8 nitrogen and oxygen atoms in total. The van der Waals surface area contributed by atoms with Crippen LogP contribution in [0.3, 0.4) is 0 Å². The second kappa shape index (κ2) is 8.05. The number of allylic oxidation sites excluding steroid dienone is 1. The van der Waals surface area contributed by atoms with Crippen LogP contribution in [0.15, 0.2) is 57.1 Å². The molecule has 4 rings (SSSR count). The average Bonchev–Trinajstić information content (AvgIpc) is 2.77. The molecule has 0 saturated carbocycles. The van der Waals surface area contributed by atoms with Gasteiger partial charge in [-0.25, -0.2) is 0 Å². The number of aromatic nitrogens is 1. The van der Waals surface area contributed by atoms with E-state index in [-0.39, 0.29) is 34.1 Å². The molecule has 0 spiro atoms. The minimum atomic E-state index is -0.816. The molecule has 0 fully saturated rings. The number of pyridine rings is 1.